The van der Waals surface area contributed by atoms with E-state index in [2.05, 4.69) is 15.3 Å². The van der Waals surface area contributed by atoms with Crippen LogP contribution in [-0.2, 0) is 17.8 Å². The molecule has 2 aliphatic heterocycles. The van der Waals surface area contributed by atoms with Gasteiger partial charge in [-0.15, -0.1) is 0 Å². The molecule has 118 valence electrons. The van der Waals surface area contributed by atoms with Crippen molar-refractivity contribution in [3.8, 4) is 0 Å². The number of hydrogen-bond donors (Lipinski definition) is 1. The van der Waals surface area contributed by atoms with E-state index >= 15 is 0 Å². The van der Waals surface area contributed by atoms with Gasteiger partial charge in [-0.2, -0.15) is 0 Å². The van der Waals surface area contributed by atoms with Crippen LogP contribution in [0.25, 0.3) is 0 Å². The van der Waals surface area contributed by atoms with E-state index in [4.69, 9.17) is 0 Å². The number of fused-ring (bicyclic) bond motifs is 1. The van der Waals surface area contributed by atoms with Crippen LogP contribution >= 0.6 is 0 Å². The Labute approximate surface area is 129 Å². The standard InChI is InChI=1S/C14H20N6O2/c1-18(2)13-10-7-19(5-3-11(10)16-9-17-13)8-12(21)20-6-4-15-14(20)22/h9H,3-8H2,1-2H3,(H,15,22). The summed E-state index contributed by atoms with van der Waals surface area (Å²) in [5.41, 5.74) is 2.11. The Morgan fingerprint density at radius 2 is 2.18 bits per heavy atom. The topological polar surface area (TPSA) is 81.7 Å². The zero-order chi connectivity index (χ0) is 15.7. The van der Waals surface area contributed by atoms with Crippen LogP contribution in [0, 0.1) is 0 Å². The normalized spacial score (nSPS) is 18.1. The van der Waals surface area contributed by atoms with Crippen molar-refractivity contribution >= 4 is 17.8 Å². The minimum absolute atomic E-state index is 0.151. The first-order valence-corrected chi connectivity index (χ1v) is 7.37. The van der Waals surface area contributed by atoms with Gasteiger partial charge in [-0.25, -0.2) is 14.8 Å². The highest BCUT2D eigenvalue weighted by molar-refractivity contribution is 5.96. The van der Waals surface area contributed by atoms with Crippen LogP contribution in [0.5, 0.6) is 0 Å². The predicted molar refractivity (Wildman–Crippen MR) is 80.5 cm³/mol. The molecule has 0 bridgehead atoms. The summed E-state index contributed by atoms with van der Waals surface area (Å²) in [7, 11) is 3.89. The first kappa shape index (κ1) is 14.7. The Balaban J connectivity index is 1.71. The van der Waals surface area contributed by atoms with Gasteiger partial charge >= 0.3 is 6.03 Å². The average Bonchev–Trinajstić information content (AvgIpc) is 2.92. The summed E-state index contributed by atoms with van der Waals surface area (Å²) >= 11 is 0. The lowest BCUT2D eigenvalue weighted by atomic mass is 10.1. The van der Waals surface area contributed by atoms with Crippen molar-refractivity contribution in [2.24, 2.45) is 0 Å². The number of imide groups is 1. The molecule has 1 N–H and O–H groups in total. The Kier molecular flexibility index (Phi) is 3.93. The number of carbonyl (C=O) groups is 2. The van der Waals surface area contributed by atoms with Crippen molar-refractivity contribution in [1.29, 1.82) is 0 Å². The van der Waals surface area contributed by atoms with E-state index in [-0.39, 0.29) is 18.5 Å². The number of amides is 3. The molecular weight excluding hydrogens is 284 g/mol. The Bertz CT molecular complexity index is 603. The number of carbonyl (C=O) groups excluding carboxylic acids is 2. The zero-order valence-corrected chi connectivity index (χ0v) is 12.9. The number of nitrogens with zero attached hydrogens (tertiary/aromatic N) is 5. The largest absolute Gasteiger partial charge is 0.362 e. The summed E-state index contributed by atoms with van der Waals surface area (Å²) in [4.78, 5) is 37.7. The molecule has 3 heterocycles. The van der Waals surface area contributed by atoms with Crippen LogP contribution in [0.2, 0.25) is 0 Å². The fourth-order valence-electron chi connectivity index (χ4n) is 2.89. The van der Waals surface area contributed by atoms with Gasteiger partial charge in [0.1, 0.15) is 12.1 Å². The van der Waals surface area contributed by atoms with Gasteiger partial charge in [-0.1, -0.05) is 0 Å². The van der Waals surface area contributed by atoms with E-state index in [9.17, 15) is 9.59 Å². The van der Waals surface area contributed by atoms with Crippen molar-refractivity contribution < 1.29 is 9.59 Å². The van der Waals surface area contributed by atoms with Crippen LogP contribution in [-0.4, -0.2) is 72.0 Å². The molecular formula is C14H20N6O2. The molecule has 8 nitrogen and oxygen atoms in total. The van der Waals surface area contributed by atoms with Crippen molar-refractivity contribution in [2.45, 2.75) is 13.0 Å². The molecule has 3 amide bonds. The first-order valence-electron chi connectivity index (χ1n) is 7.37. The Hall–Kier alpha value is -2.22. The number of hydrogen-bond acceptors (Lipinski definition) is 6. The lowest BCUT2D eigenvalue weighted by Gasteiger charge is -2.30. The minimum atomic E-state index is -0.292. The van der Waals surface area contributed by atoms with Gasteiger partial charge < -0.3 is 10.2 Å². The second-order valence-corrected chi connectivity index (χ2v) is 5.75. The van der Waals surface area contributed by atoms with E-state index in [1.807, 2.05) is 23.9 Å². The SMILES string of the molecule is CN(C)c1ncnc2c1CN(CC(=O)N1CCNC1=O)CC2. The summed E-state index contributed by atoms with van der Waals surface area (Å²) in [5, 5.41) is 2.65. The summed E-state index contributed by atoms with van der Waals surface area (Å²) in [6, 6.07) is -0.292. The summed E-state index contributed by atoms with van der Waals surface area (Å²) in [5.74, 6) is 0.739. The monoisotopic (exact) mass is 304 g/mol. The van der Waals surface area contributed by atoms with Gasteiger partial charge in [0.2, 0.25) is 5.91 Å². The third-order valence-corrected chi connectivity index (χ3v) is 4.00. The molecule has 1 saturated heterocycles. The molecule has 0 aromatic carbocycles. The summed E-state index contributed by atoms with van der Waals surface area (Å²) in [6.07, 6.45) is 2.38. The van der Waals surface area contributed by atoms with E-state index in [0.29, 0.717) is 19.6 Å². The number of aromatic nitrogens is 2. The molecule has 2 aliphatic rings. The second kappa shape index (κ2) is 5.88. The second-order valence-electron chi connectivity index (χ2n) is 5.75. The minimum Gasteiger partial charge on any atom is -0.362 e. The third-order valence-electron chi connectivity index (χ3n) is 4.00. The number of anilines is 1. The fourth-order valence-corrected chi connectivity index (χ4v) is 2.89. The van der Waals surface area contributed by atoms with Crippen molar-refractivity contribution in [3.63, 3.8) is 0 Å². The third kappa shape index (κ3) is 2.74. The van der Waals surface area contributed by atoms with Crippen molar-refractivity contribution in [1.82, 2.24) is 25.1 Å². The number of nitrogens with one attached hydrogen (secondary N) is 1. The highest BCUT2D eigenvalue weighted by Crippen LogP contribution is 2.24. The number of rotatable bonds is 3. The van der Waals surface area contributed by atoms with Gasteiger partial charge in [0.15, 0.2) is 0 Å². The lowest BCUT2D eigenvalue weighted by molar-refractivity contribution is -0.129. The molecule has 22 heavy (non-hydrogen) atoms. The molecule has 8 heteroatoms. The zero-order valence-electron chi connectivity index (χ0n) is 12.9. The van der Waals surface area contributed by atoms with Crippen molar-refractivity contribution in [2.75, 3.05) is 45.2 Å². The molecule has 0 spiro atoms. The van der Waals surface area contributed by atoms with E-state index < -0.39 is 0 Å². The molecule has 0 aliphatic carbocycles. The van der Waals surface area contributed by atoms with Gasteiger partial charge in [-0.05, 0) is 0 Å². The Morgan fingerprint density at radius 3 is 2.86 bits per heavy atom. The van der Waals surface area contributed by atoms with Crippen LogP contribution in [0.4, 0.5) is 10.6 Å². The van der Waals surface area contributed by atoms with Crippen LogP contribution < -0.4 is 10.2 Å². The fraction of sp³-hybridized carbons (Fsp3) is 0.571. The van der Waals surface area contributed by atoms with Crippen molar-refractivity contribution in [3.05, 3.63) is 17.6 Å². The van der Waals surface area contributed by atoms with Gasteiger partial charge in [0, 0.05) is 52.3 Å². The Morgan fingerprint density at radius 1 is 1.36 bits per heavy atom. The van der Waals surface area contributed by atoms with Gasteiger partial charge in [-0.3, -0.25) is 14.6 Å². The maximum Gasteiger partial charge on any atom is 0.324 e. The molecule has 0 saturated carbocycles. The average molecular weight is 304 g/mol. The molecule has 0 unspecified atom stereocenters. The molecule has 0 radical (unpaired) electrons. The molecule has 3 rings (SSSR count). The van der Waals surface area contributed by atoms with Crippen LogP contribution in [0.3, 0.4) is 0 Å². The number of urea groups is 1. The first-order chi connectivity index (χ1) is 10.6. The van der Waals surface area contributed by atoms with E-state index in [0.717, 1.165) is 30.0 Å². The smallest absolute Gasteiger partial charge is 0.324 e. The van der Waals surface area contributed by atoms with E-state index in [1.54, 1.807) is 6.33 Å². The molecule has 1 aromatic rings. The molecule has 1 fully saturated rings. The van der Waals surface area contributed by atoms with Gasteiger partial charge in [0.05, 0.1) is 12.2 Å². The maximum atomic E-state index is 12.2. The highest BCUT2D eigenvalue weighted by Gasteiger charge is 2.29. The van der Waals surface area contributed by atoms with Gasteiger partial charge in [0.25, 0.3) is 0 Å². The maximum absolute atomic E-state index is 12.2. The molecule has 0 atom stereocenters. The summed E-state index contributed by atoms with van der Waals surface area (Å²) < 4.78 is 0. The quantitative estimate of drug-likeness (QED) is 0.807. The van der Waals surface area contributed by atoms with Crippen LogP contribution in [0.15, 0.2) is 6.33 Å². The predicted octanol–water partition coefficient (Wildman–Crippen LogP) is -0.547. The molecule has 1 aromatic heterocycles. The van der Waals surface area contributed by atoms with Crippen LogP contribution in [0.1, 0.15) is 11.3 Å². The highest BCUT2D eigenvalue weighted by atomic mass is 16.2. The lowest BCUT2D eigenvalue weighted by Crippen LogP contribution is -2.43. The van der Waals surface area contributed by atoms with E-state index in [1.165, 1.54) is 4.90 Å². The summed E-state index contributed by atoms with van der Waals surface area (Å²) in [6.45, 7) is 2.62.